The fourth-order valence-electron chi connectivity index (χ4n) is 2.10. The third-order valence-electron chi connectivity index (χ3n) is 3.42. The minimum Gasteiger partial charge on any atom is -0.337 e. The summed E-state index contributed by atoms with van der Waals surface area (Å²) >= 11 is 0. The largest absolute Gasteiger partial charge is 0.337 e. The van der Waals surface area contributed by atoms with Crippen molar-refractivity contribution in [1.29, 1.82) is 0 Å². The second-order valence-corrected chi connectivity index (χ2v) is 4.93. The zero-order chi connectivity index (χ0) is 15.1. The molecule has 0 aromatic carbocycles. The van der Waals surface area contributed by atoms with E-state index in [1.54, 1.807) is 0 Å². The summed E-state index contributed by atoms with van der Waals surface area (Å²) in [6.45, 7) is 9.69. The van der Waals surface area contributed by atoms with Gasteiger partial charge < -0.3 is 10.2 Å². The molecule has 1 N–H and O–H groups in total. The van der Waals surface area contributed by atoms with Crippen LogP contribution >= 0.6 is 0 Å². The maximum atomic E-state index is 4.65. The topological polar surface area (TPSA) is 53.9 Å². The van der Waals surface area contributed by atoms with Gasteiger partial charge >= 0.3 is 0 Å². The van der Waals surface area contributed by atoms with E-state index >= 15 is 0 Å². The zero-order valence-corrected chi connectivity index (χ0v) is 13.0. The van der Waals surface area contributed by atoms with Crippen molar-refractivity contribution in [2.24, 2.45) is 0 Å². The smallest absolute Gasteiger partial charge is 0.225 e. The predicted molar refractivity (Wildman–Crippen MR) is 85.1 cm³/mol. The summed E-state index contributed by atoms with van der Waals surface area (Å²) < 4.78 is 0. The minimum absolute atomic E-state index is 0.784. The van der Waals surface area contributed by atoms with Gasteiger partial charge in [-0.05, 0) is 38.1 Å². The van der Waals surface area contributed by atoms with Crippen LogP contribution in [0.15, 0.2) is 30.7 Å². The molecule has 0 fully saturated rings. The molecule has 2 aromatic rings. The predicted octanol–water partition coefficient (Wildman–Crippen LogP) is 2.32. The summed E-state index contributed by atoms with van der Waals surface area (Å²) in [6, 6.07) is 4.05. The molecule has 0 atom stereocenters. The van der Waals surface area contributed by atoms with Crippen LogP contribution in [0.5, 0.6) is 0 Å². The molecule has 0 amide bonds. The number of rotatable bonds is 7. The first-order valence-electron chi connectivity index (χ1n) is 7.41. The maximum absolute atomic E-state index is 4.65. The number of pyridine rings is 1. The molecule has 0 aliphatic carbocycles. The Bertz CT molecular complexity index is 556. The molecule has 2 aromatic heterocycles. The van der Waals surface area contributed by atoms with Gasteiger partial charge in [-0.1, -0.05) is 6.92 Å². The van der Waals surface area contributed by atoms with E-state index in [0.717, 1.165) is 43.4 Å². The average Bonchev–Trinajstić information content (AvgIpc) is 2.52. The zero-order valence-electron chi connectivity index (χ0n) is 13.0. The van der Waals surface area contributed by atoms with Crippen molar-refractivity contribution in [3.8, 4) is 0 Å². The van der Waals surface area contributed by atoms with Crippen LogP contribution < -0.4 is 10.2 Å². The summed E-state index contributed by atoms with van der Waals surface area (Å²) in [6.07, 6.45) is 5.55. The Balaban J connectivity index is 2.13. The molecular weight excluding hydrogens is 262 g/mol. The first kappa shape index (κ1) is 15.4. The van der Waals surface area contributed by atoms with Crippen molar-refractivity contribution in [2.75, 3.05) is 18.0 Å². The first-order chi connectivity index (χ1) is 10.2. The van der Waals surface area contributed by atoms with Gasteiger partial charge in [-0.3, -0.25) is 4.98 Å². The van der Waals surface area contributed by atoms with E-state index in [4.69, 9.17) is 0 Å². The van der Waals surface area contributed by atoms with Gasteiger partial charge in [0.05, 0.1) is 0 Å². The molecule has 0 unspecified atom stereocenters. The molecule has 0 bridgehead atoms. The highest BCUT2D eigenvalue weighted by atomic mass is 15.2. The Labute approximate surface area is 126 Å². The van der Waals surface area contributed by atoms with Crippen LogP contribution in [-0.4, -0.2) is 28.0 Å². The molecule has 0 aliphatic rings. The van der Waals surface area contributed by atoms with E-state index in [1.165, 1.54) is 5.56 Å². The minimum atomic E-state index is 0.784. The molecule has 2 heterocycles. The third-order valence-corrected chi connectivity index (χ3v) is 3.42. The second kappa shape index (κ2) is 7.69. The van der Waals surface area contributed by atoms with E-state index < -0.39 is 0 Å². The molecule has 0 saturated carbocycles. The summed E-state index contributed by atoms with van der Waals surface area (Å²) in [5.41, 5.74) is 3.40. The molecule has 0 spiro atoms. The molecule has 2 rings (SSSR count). The van der Waals surface area contributed by atoms with Crippen molar-refractivity contribution in [1.82, 2.24) is 20.3 Å². The van der Waals surface area contributed by atoms with Gasteiger partial charge in [0.1, 0.15) is 0 Å². The Morgan fingerprint density at radius 3 is 2.57 bits per heavy atom. The Kier molecular flexibility index (Phi) is 5.63. The Morgan fingerprint density at radius 1 is 1.19 bits per heavy atom. The first-order valence-corrected chi connectivity index (χ1v) is 7.41. The number of nitrogens with zero attached hydrogens (tertiary/aromatic N) is 4. The molecule has 112 valence electrons. The number of hydrogen-bond donors (Lipinski definition) is 1. The van der Waals surface area contributed by atoms with Gasteiger partial charge in [0.25, 0.3) is 0 Å². The van der Waals surface area contributed by atoms with Crippen molar-refractivity contribution >= 4 is 5.95 Å². The van der Waals surface area contributed by atoms with Gasteiger partial charge in [-0.15, -0.1) is 0 Å². The summed E-state index contributed by atoms with van der Waals surface area (Å²) in [5.74, 6) is 0.784. The Hall–Kier alpha value is -2.01. The quantitative estimate of drug-likeness (QED) is 0.846. The number of anilines is 1. The third kappa shape index (κ3) is 4.23. The molecule has 0 radical (unpaired) electrons. The van der Waals surface area contributed by atoms with E-state index in [0.29, 0.717) is 0 Å². The van der Waals surface area contributed by atoms with Crippen LogP contribution in [0.1, 0.15) is 30.7 Å². The normalized spacial score (nSPS) is 10.6. The summed E-state index contributed by atoms with van der Waals surface area (Å²) in [7, 11) is 0. The lowest BCUT2D eigenvalue weighted by Gasteiger charge is -2.21. The van der Waals surface area contributed by atoms with Crippen LogP contribution in [0.2, 0.25) is 0 Å². The number of hydrogen-bond acceptors (Lipinski definition) is 5. The van der Waals surface area contributed by atoms with Crippen molar-refractivity contribution in [2.45, 2.75) is 33.9 Å². The SMILES string of the molecule is CCNCc1cnc(N(CC)Cc2ccncc2)nc1C. The highest BCUT2D eigenvalue weighted by Gasteiger charge is 2.10. The van der Waals surface area contributed by atoms with Crippen LogP contribution in [-0.2, 0) is 13.1 Å². The van der Waals surface area contributed by atoms with Crippen LogP contribution in [0, 0.1) is 6.92 Å². The lowest BCUT2D eigenvalue weighted by Crippen LogP contribution is -2.25. The van der Waals surface area contributed by atoms with E-state index in [9.17, 15) is 0 Å². The summed E-state index contributed by atoms with van der Waals surface area (Å²) in [5, 5.41) is 3.31. The molecule has 21 heavy (non-hydrogen) atoms. The van der Waals surface area contributed by atoms with E-state index in [1.807, 2.05) is 37.6 Å². The highest BCUT2D eigenvalue weighted by Crippen LogP contribution is 2.14. The van der Waals surface area contributed by atoms with Crippen molar-refractivity contribution < 1.29 is 0 Å². The lowest BCUT2D eigenvalue weighted by atomic mass is 10.2. The number of aryl methyl sites for hydroxylation is 1. The van der Waals surface area contributed by atoms with Gasteiger partial charge in [0.15, 0.2) is 0 Å². The van der Waals surface area contributed by atoms with E-state index in [2.05, 4.69) is 39.0 Å². The van der Waals surface area contributed by atoms with Crippen LogP contribution in [0.3, 0.4) is 0 Å². The maximum Gasteiger partial charge on any atom is 0.225 e. The van der Waals surface area contributed by atoms with Gasteiger partial charge in [0.2, 0.25) is 5.95 Å². The standard InChI is InChI=1S/C16H23N5/c1-4-17-10-15-11-19-16(20-13(15)3)21(5-2)12-14-6-8-18-9-7-14/h6-9,11,17H,4-5,10,12H2,1-3H3. The van der Waals surface area contributed by atoms with Crippen molar-refractivity contribution in [3.05, 3.63) is 47.5 Å². The molecule has 0 saturated heterocycles. The molecular formula is C16H23N5. The Morgan fingerprint density at radius 2 is 1.95 bits per heavy atom. The van der Waals surface area contributed by atoms with Gasteiger partial charge in [-0.25, -0.2) is 9.97 Å². The summed E-state index contributed by atoms with van der Waals surface area (Å²) in [4.78, 5) is 15.4. The van der Waals surface area contributed by atoms with Gasteiger partial charge in [-0.2, -0.15) is 0 Å². The van der Waals surface area contributed by atoms with Gasteiger partial charge in [0, 0.05) is 49.5 Å². The second-order valence-electron chi connectivity index (χ2n) is 4.93. The van der Waals surface area contributed by atoms with E-state index in [-0.39, 0.29) is 0 Å². The number of nitrogens with one attached hydrogen (secondary N) is 1. The fourth-order valence-corrected chi connectivity index (χ4v) is 2.10. The highest BCUT2D eigenvalue weighted by molar-refractivity contribution is 5.34. The lowest BCUT2D eigenvalue weighted by molar-refractivity contribution is 0.710. The van der Waals surface area contributed by atoms with Crippen molar-refractivity contribution in [3.63, 3.8) is 0 Å². The molecule has 5 heteroatoms. The molecule has 0 aliphatic heterocycles. The monoisotopic (exact) mass is 285 g/mol. The number of aromatic nitrogens is 3. The fraction of sp³-hybridized carbons (Fsp3) is 0.438. The average molecular weight is 285 g/mol. The van der Waals surface area contributed by atoms with Crippen LogP contribution in [0.4, 0.5) is 5.95 Å². The molecule has 5 nitrogen and oxygen atoms in total. The van der Waals surface area contributed by atoms with Crippen LogP contribution in [0.25, 0.3) is 0 Å².